The molecule has 0 bridgehead atoms. The van der Waals surface area contributed by atoms with Gasteiger partial charge >= 0.3 is 0 Å². The van der Waals surface area contributed by atoms with Crippen molar-refractivity contribution in [2.24, 2.45) is 0 Å². The average Bonchev–Trinajstić information content (AvgIpc) is 2.53. The molecule has 0 fully saturated rings. The molecule has 0 aliphatic heterocycles. The predicted molar refractivity (Wildman–Crippen MR) is 56.0 cm³/mol. The van der Waals surface area contributed by atoms with Gasteiger partial charge in [-0.25, -0.2) is 0 Å². The number of hydrogen-bond donors (Lipinski definition) is 1. The molecule has 1 aromatic carbocycles. The first-order valence-corrected chi connectivity index (χ1v) is 4.54. The van der Waals surface area contributed by atoms with E-state index < -0.39 is 0 Å². The number of aromatic nitrogens is 1. The average molecular weight is 192 g/mol. The molecular weight excluding hydrogens is 182 g/mol. The van der Waals surface area contributed by atoms with Crippen molar-refractivity contribution in [1.29, 1.82) is 0 Å². The number of halogens is 1. The van der Waals surface area contributed by atoms with E-state index in [2.05, 4.69) is 18.0 Å². The summed E-state index contributed by atoms with van der Waals surface area (Å²) >= 11 is 5.79. The summed E-state index contributed by atoms with van der Waals surface area (Å²) in [5.74, 6) is 0. The van der Waals surface area contributed by atoms with E-state index >= 15 is 0 Å². The van der Waals surface area contributed by atoms with Crippen molar-refractivity contribution in [3.63, 3.8) is 0 Å². The molecule has 1 nitrogen and oxygen atoms in total. The van der Waals surface area contributed by atoms with Crippen molar-refractivity contribution in [3.8, 4) is 11.3 Å². The molecule has 0 saturated heterocycles. The zero-order chi connectivity index (χ0) is 9.26. The van der Waals surface area contributed by atoms with Gasteiger partial charge in [-0.2, -0.15) is 0 Å². The Kier molecular flexibility index (Phi) is 2.11. The van der Waals surface area contributed by atoms with Crippen LogP contribution in [0.5, 0.6) is 0 Å². The first-order chi connectivity index (χ1) is 6.25. The summed E-state index contributed by atoms with van der Waals surface area (Å²) in [7, 11) is 0. The van der Waals surface area contributed by atoms with E-state index in [0.29, 0.717) is 0 Å². The van der Waals surface area contributed by atoms with E-state index in [9.17, 15) is 0 Å². The lowest BCUT2D eigenvalue weighted by Crippen LogP contribution is -1.74. The lowest BCUT2D eigenvalue weighted by Gasteiger charge is -1.96. The fraction of sp³-hybridized carbons (Fsp3) is 0.0909. The number of hydrogen-bond acceptors (Lipinski definition) is 0. The van der Waals surface area contributed by atoms with Gasteiger partial charge in [-0.1, -0.05) is 23.7 Å². The Balaban J connectivity index is 2.41. The third-order valence-electron chi connectivity index (χ3n) is 1.98. The summed E-state index contributed by atoms with van der Waals surface area (Å²) < 4.78 is 0. The second-order valence-corrected chi connectivity index (χ2v) is 3.53. The summed E-state index contributed by atoms with van der Waals surface area (Å²) in [6, 6.07) is 9.92. The monoisotopic (exact) mass is 191 g/mol. The molecule has 0 unspecified atom stereocenters. The molecule has 0 aliphatic carbocycles. The van der Waals surface area contributed by atoms with Gasteiger partial charge in [0.15, 0.2) is 0 Å². The normalized spacial score (nSPS) is 10.3. The van der Waals surface area contributed by atoms with Crippen molar-refractivity contribution < 1.29 is 0 Å². The fourth-order valence-electron chi connectivity index (χ4n) is 1.30. The Morgan fingerprint density at radius 1 is 1.15 bits per heavy atom. The standard InChI is InChI=1S/C11H10ClN/c1-8-6-11(13-7-8)9-2-4-10(12)5-3-9/h2-7,13H,1H3. The van der Waals surface area contributed by atoms with Crippen molar-refractivity contribution >= 4 is 11.6 Å². The lowest BCUT2D eigenvalue weighted by atomic mass is 10.1. The third-order valence-corrected chi connectivity index (χ3v) is 2.23. The number of aromatic amines is 1. The Bertz CT molecular complexity index is 400. The van der Waals surface area contributed by atoms with E-state index in [1.165, 1.54) is 5.56 Å². The maximum Gasteiger partial charge on any atom is 0.0456 e. The van der Waals surface area contributed by atoms with Gasteiger partial charge in [0.25, 0.3) is 0 Å². The molecule has 0 amide bonds. The molecule has 66 valence electrons. The molecule has 0 saturated carbocycles. The summed E-state index contributed by atoms with van der Waals surface area (Å²) in [4.78, 5) is 3.20. The van der Waals surface area contributed by atoms with Gasteiger partial charge in [0.05, 0.1) is 0 Å². The van der Waals surface area contributed by atoms with Crippen LogP contribution in [0, 0.1) is 6.92 Å². The first-order valence-electron chi connectivity index (χ1n) is 4.17. The molecule has 2 rings (SSSR count). The van der Waals surface area contributed by atoms with Crippen LogP contribution in [0.2, 0.25) is 5.02 Å². The highest BCUT2D eigenvalue weighted by atomic mass is 35.5. The van der Waals surface area contributed by atoms with Gasteiger partial charge in [0.2, 0.25) is 0 Å². The van der Waals surface area contributed by atoms with Gasteiger partial charge < -0.3 is 4.98 Å². The van der Waals surface area contributed by atoms with Gasteiger partial charge in [-0.3, -0.25) is 0 Å². The van der Waals surface area contributed by atoms with Crippen LogP contribution >= 0.6 is 11.6 Å². The molecule has 2 aromatic rings. The van der Waals surface area contributed by atoms with Crippen molar-refractivity contribution in [3.05, 3.63) is 47.1 Å². The molecule has 0 spiro atoms. The minimum absolute atomic E-state index is 0.770. The first kappa shape index (κ1) is 8.39. The summed E-state index contributed by atoms with van der Waals surface area (Å²) in [5, 5.41) is 0.770. The van der Waals surface area contributed by atoms with Crippen LogP contribution in [0.15, 0.2) is 36.5 Å². The number of H-pyrrole nitrogens is 1. The minimum Gasteiger partial charge on any atom is -0.361 e. The second kappa shape index (κ2) is 3.27. The Hall–Kier alpha value is -1.21. The zero-order valence-corrected chi connectivity index (χ0v) is 8.10. The topological polar surface area (TPSA) is 15.8 Å². The third kappa shape index (κ3) is 1.76. The van der Waals surface area contributed by atoms with Crippen LogP contribution in [-0.2, 0) is 0 Å². The summed E-state index contributed by atoms with van der Waals surface area (Å²) in [6.07, 6.45) is 1.99. The number of aryl methyl sites for hydroxylation is 1. The fourth-order valence-corrected chi connectivity index (χ4v) is 1.42. The highest BCUT2D eigenvalue weighted by Crippen LogP contribution is 2.20. The maximum absolute atomic E-state index is 5.79. The zero-order valence-electron chi connectivity index (χ0n) is 7.34. The van der Waals surface area contributed by atoms with Crippen LogP contribution in [0.1, 0.15) is 5.56 Å². The van der Waals surface area contributed by atoms with Gasteiger partial charge in [0, 0.05) is 16.9 Å². The van der Waals surface area contributed by atoms with Crippen LogP contribution in [0.25, 0.3) is 11.3 Å². The molecule has 2 heteroatoms. The van der Waals surface area contributed by atoms with Gasteiger partial charge in [-0.05, 0) is 36.2 Å². The number of benzene rings is 1. The van der Waals surface area contributed by atoms with E-state index in [0.717, 1.165) is 16.3 Å². The van der Waals surface area contributed by atoms with E-state index in [4.69, 9.17) is 11.6 Å². The van der Waals surface area contributed by atoms with E-state index in [1.807, 2.05) is 30.5 Å². The lowest BCUT2D eigenvalue weighted by molar-refractivity contribution is 1.38. The van der Waals surface area contributed by atoms with Crippen molar-refractivity contribution in [1.82, 2.24) is 4.98 Å². The van der Waals surface area contributed by atoms with Crippen molar-refractivity contribution in [2.45, 2.75) is 6.92 Å². The molecule has 0 aliphatic rings. The second-order valence-electron chi connectivity index (χ2n) is 3.10. The Morgan fingerprint density at radius 2 is 1.85 bits per heavy atom. The Labute approximate surface area is 82.4 Å². The Morgan fingerprint density at radius 3 is 2.38 bits per heavy atom. The van der Waals surface area contributed by atoms with Crippen LogP contribution in [-0.4, -0.2) is 4.98 Å². The van der Waals surface area contributed by atoms with Gasteiger partial charge in [-0.15, -0.1) is 0 Å². The SMILES string of the molecule is Cc1c[nH]c(-c2ccc(Cl)cc2)c1. The summed E-state index contributed by atoms with van der Waals surface area (Å²) in [6.45, 7) is 2.07. The molecule has 13 heavy (non-hydrogen) atoms. The molecule has 1 aromatic heterocycles. The van der Waals surface area contributed by atoms with Crippen LogP contribution in [0.3, 0.4) is 0 Å². The molecule has 1 heterocycles. The number of rotatable bonds is 1. The van der Waals surface area contributed by atoms with Crippen LogP contribution in [0.4, 0.5) is 0 Å². The van der Waals surface area contributed by atoms with Crippen LogP contribution < -0.4 is 0 Å². The van der Waals surface area contributed by atoms with E-state index in [1.54, 1.807) is 0 Å². The summed E-state index contributed by atoms with van der Waals surface area (Å²) in [5.41, 5.74) is 3.54. The predicted octanol–water partition coefficient (Wildman–Crippen LogP) is 3.64. The highest BCUT2D eigenvalue weighted by Gasteiger charge is 1.98. The van der Waals surface area contributed by atoms with E-state index in [-0.39, 0.29) is 0 Å². The number of nitrogens with one attached hydrogen (secondary N) is 1. The van der Waals surface area contributed by atoms with Gasteiger partial charge in [0.1, 0.15) is 0 Å². The molecule has 1 N–H and O–H groups in total. The molecular formula is C11H10ClN. The quantitative estimate of drug-likeness (QED) is 0.709. The van der Waals surface area contributed by atoms with Crippen molar-refractivity contribution in [2.75, 3.05) is 0 Å². The smallest absolute Gasteiger partial charge is 0.0456 e. The molecule has 0 radical (unpaired) electrons. The highest BCUT2D eigenvalue weighted by molar-refractivity contribution is 6.30. The molecule has 0 atom stereocenters. The maximum atomic E-state index is 5.79. The minimum atomic E-state index is 0.770. The largest absolute Gasteiger partial charge is 0.361 e.